The van der Waals surface area contributed by atoms with E-state index >= 15 is 0 Å². The van der Waals surface area contributed by atoms with Crippen molar-refractivity contribution in [2.24, 2.45) is 0 Å². The number of nitro groups is 1. The van der Waals surface area contributed by atoms with Crippen molar-refractivity contribution in [1.82, 2.24) is 24.5 Å². The number of aryl methyl sites for hydroxylation is 1. The Hall–Kier alpha value is -3.63. The smallest absolute Gasteiger partial charge is 0.358 e. The predicted octanol–water partition coefficient (Wildman–Crippen LogP) is 2.47. The predicted molar refractivity (Wildman–Crippen MR) is 97.1 cm³/mol. The molecular weight excluding hydrogens is 369 g/mol. The van der Waals surface area contributed by atoms with Gasteiger partial charge < -0.3 is 10.1 Å². The molecule has 2 heterocycles. The molecule has 10 nitrogen and oxygen atoms in total. The molecule has 1 unspecified atom stereocenters. The van der Waals surface area contributed by atoms with Gasteiger partial charge in [0.2, 0.25) is 5.95 Å². The van der Waals surface area contributed by atoms with Gasteiger partial charge in [0, 0.05) is 5.56 Å². The van der Waals surface area contributed by atoms with Crippen LogP contribution in [0.15, 0.2) is 36.7 Å². The van der Waals surface area contributed by atoms with Crippen LogP contribution in [0.5, 0.6) is 0 Å². The Labute approximate surface area is 159 Å². The number of amides is 1. The van der Waals surface area contributed by atoms with Crippen LogP contribution < -0.4 is 5.32 Å². The van der Waals surface area contributed by atoms with E-state index < -0.39 is 16.9 Å². The van der Waals surface area contributed by atoms with Crippen molar-refractivity contribution < 1.29 is 14.1 Å². The summed E-state index contributed by atoms with van der Waals surface area (Å²) in [7, 11) is 0. The largest absolute Gasteiger partial charge is 0.390 e. The normalized spacial score (nSPS) is 12.0. The molecule has 1 aromatic carbocycles. The van der Waals surface area contributed by atoms with E-state index in [9.17, 15) is 19.3 Å². The third-order valence-electron chi connectivity index (χ3n) is 4.14. The van der Waals surface area contributed by atoms with Gasteiger partial charge in [-0.15, -0.1) is 5.10 Å². The molecule has 1 N–H and O–H groups in total. The lowest BCUT2D eigenvalue weighted by atomic mass is 10.2. The van der Waals surface area contributed by atoms with Gasteiger partial charge in [-0.3, -0.25) is 10.1 Å². The minimum Gasteiger partial charge on any atom is -0.358 e. The third-order valence-corrected chi connectivity index (χ3v) is 4.14. The molecule has 0 radical (unpaired) electrons. The van der Waals surface area contributed by atoms with Crippen molar-refractivity contribution in [3.63, 3.8) is 0 Å². The summed E-state index contributed by atoms with van der Waals surface area (Å²) in [4.78, 5) is 26.9. The monoisotopic (exact) mass is 387 g/mol. The second-order valence-corrected chi connectivity index (χ2v) is 6.12. The maximum absolute atomic E-state index is 13.7. The Morgan fingerprint density at radius 2 is 2.11 bits per heavy atom. The van der Waals surface area contributed by atoms with Crippen molar-refractivity contribution in [2.45, 2.75) is 32.9 Å². The van der Waals surface area contributed by atoms with E-state index in [-0.39, 0.29) is 24.1 Å². The quantitative estimate of drug-likeness (QED) is 0.491. The van der Waals surface area contributed by atoms with Crippen LogP contribution >= 0.6 is 0 Å². The number of nitrogens with one attached hydrogen (secondary N) is 1. The molecule has 28 heavy (non-hydrogen) atoms. The summed E-state index contributed by atoms with van der Waals surface area (Å²) in [5.41, 5.74) is 0.933. The summed E-state index contributed by atoms with van der Waals surface area (Å²) in [5.74, 6) is -1.08. The molecule has 0 aliphatic carbocycles. The zero-order chi connectivity index (χ0) is 20.3. The van der Waals surface area contributed by atoms with E-state index in [0.29, 0.717) is 17.7 Å². The number of anilines is 1. The summed E-state index contributed by atoms with van der Waals surface area (Å²) in [6.45, 7) is 3.57. The fraction of sp³-hybridized carbons (Fsp3) is 0.294. The Kier molecular flexibility index (Phi) is 5.43. The first-order valence-corrected chi connectivity index (χ1v) is 8.53. The molecule has 0 saturated carbocycles. The van der Waals surface area contributed by atoms with Gasteiger partial charge in [0.15, 0.2) is 6.04 Å². The number of nitrogens with zero attached hydrogens (tertiary/aromatic N) is 6. The van der Waals surface area contributed by atoms with Crippen molar-refractivity contribution in [3.8, 4) is 0 Å². The van der Waals surface area contributed by atoms with Gasteiger partial charge in [0.05, 0.1) is 23.4 Å². The van der Waals surface area contributed by atoms with E-state index in [4.69, 9.17) is 0 Å². The van der Waals surface area contributed by atoms with E-state index in [0.717, 1.165) is 0 Å². The average Bonchev–Trinajstić information content (AvgIpc) is 3.25. The number of aromatic nitrogens is 5. The second-order valence-electron chi connectivity index (χ2n) is 6.12. The highest BCUT2D eigenvalue weighted by atomic mass is 19.1. The van der Waals surface area contributed by atoms with Gasteiger partial charge in [0.25, 0.3) is 5.91 Å². The topological polar surface area (TPSA) is 121 Å². The van der Waals surface area contributed by atoms with Crippen LogP contribution in [0.4, 0.5) is 16.2 Å². The Morgan fingerprint density at radius 3 is 2.75 bits per heavy atom. The van der Waals surface area contributed by atoms with Crippen LogP contribution in [0.2, 0.25) is 0 Å². The van der Waals surface area contributed by atoms with Crippen molar-refractivity contribution >= 4 is 17.7 Å². The van der Waals surface area contributed by atoms with Crippen molar-refractivity contribution in [1.29, 1.82) is 0 Å². The summed E-state index contributed by atoms with van der Waals surface area (Å²) in [5, 5.41) is 21.5. The zero-order valence-corrected chi connectivity index (χ0v) is 15.2. The van der Waals surface area contributed by atoms with E-state index in [2.05, 4.69) is 20.5 Å². The van der Waals surface area contributed by atoms with Gasteiger partial charge in [-0.1, -0.05) is 25.1 Å². The lowest BCUT2D eigenvalue weighted by Gasteiger charge is -2.12. The first kappa shape index (κ1) is 19.1. The van der Waals surface area contributed by atoms with Gasteiger partial charge in [0.1, 0.15) is 12.1 Å². The maximum atomic E-state index is 13.7. The number of carbonyl (C=O) groups excluding carboxylic acids is 1. The third kappa shape index (κ3) is 4.03. The molecule has 1 atom stereocenters. The van der Waals surface area contributed by atoms with E-state index in [1.54, 1.807) is 32.0 Å². The van der Waals surface area contributed by atoms with E-state index in [1.165, 1.54) is 27.8 Å². The molecule has 0 saturated heterocycles. The SMILES string of the molecule is CCC(C(=O)Nc1ncn(Cc2ccccc2F)n1)n1nc([N+](=O)[O-])cc1C. The highest BCUT2D eigenvalue weighted by Crippen LogP contribution is 2.20. The van der Waals surface area contributed by atoms with Crippen LogP contribution in [-0.4, -0.2) is 35.4 Å². The molecule has 1 amide bonds. The lowest BCUT2D eigenvalue weighted by Crippen LogP contribution is -2.27. The molecule has 11 heteroatoms. The van der Waals surface area contributed by atoms with Gasteiger partial charge in [-0.25, -0.2) is 14.1 Å². The molecule has 0 spiro atoms. The summed E-state index contributed by atoms with van der Waals surface area (Å²) >= 11 is 0. The highest BCUT2D eigenvalue weighted by molar-refractivity contribution is 5.92. The Morgan fingerprint density at radius 1 is 1.36 bits per heavy atom. The van der Waals surface area contributed by atoms with Crippen LogP contribution in [0, 0.1) is 22.9 Å². The first-order valence-electron chi connectivity index (χ1n) is 8.53. The molecule has 2 aromatic heterocycles. The molecular formula is C17H18FN7O3. The fourth-order valence-electron chi connectivity index (χ4n) is 2.77. The second kappa shape index (κ2) is 7.94. The maximum Gasteiger partial charge on any atom is 0.390 e. The van der Waals surface area contributed by atoms with E-state index in [1.807, 2.05) is 0 Å². The Balaban J connectivity index is 1.72. The minimum atomic E-state index is -0.757. The van der Waals surface area contributed by atoms with Gasteiger partial charge >= 0.3 is 5.82 Å². The zero-order valence-electron chi connectivity index (χ0n) is 15.2. The Bertz CT molecular complexity index is 1010. The number of hydrogen-bond donors (Lipinski definition) is 1. The standard InChI is InChI=1S/C17H18FN7O3/c1-3-14(24-11(2)8-15(21-24)25(27)28)16(26)20-17-19-10-23(22-17)9-12-6-4-5-7-13(12)18/h4-8,10,14H,3,9H2,1-2H3,(H,20,22,26). The number of benzene rings is 1. The van der Waals surface area contributed by atoms with Crippen LogP contribution in [-0.2, 0) is 11.3 Å². The average molecular weight is 387 g/mol. The number of halogens is 1. The van der Waals surface area contributed by atoms with Gasteiger partial charge in [-0.2, -0.15) is 4.68 Å². The summed E-state index contributed by atoms with van der Waals surface area (Å²) in [6, 6.07) is 6.85. The van der Waals surface area contributed by atoms with Crippen LogP contribution in [0.25, 0.3) is 0 Å². The van der Waals surface area contributed by atoms with Crippen molar-refractivity contribution in [2.75, 3.05) is 5.32 Å². The number of rotatable bonds is 7. The number of hydrogen-bond acceptors (Lipinski definition) is 6. The van der Waals surface area contributed by atoms with Crippen molar-refractivity contribution in [3.05, 3.63) is 63.8 Å². The molecule has 0 bridgehead atoms. The highest BCUT2D eigenvalue weighted by Gasteiger charge is 2.27. The molecule has 3 rings (SSSR count). The molecule has 146 valence electrons. The fourth-order valence-corrected chi connectivity index (χ4v) is 2.77. The van der Waals surface area contributed by atoms with Gasteiger partial charge in [-0.05, 0) is 24.3 Å². The summed E-state index contributed by atoms with van der Waals surface area (Å²) < 4.78 is 16.5. The molecule has 0 aliphatic heterocycles. The first-order chi connectivity index (χ1) is 13.4. The minimum absolute atomic E-state index is 0.0547. The molecule has 3 aromatic rings. The molecule has 0 fully saturated rings. The summed E-state index contributed by atoms with van der Waals surface area (Å²) in [6.07, 6.45) is 1.74. The van der Waals surface area contributed by atoms with Crippen LogP contribution in [0.1, 0.15) is 30.6 Å². The number of carbonyl (C=O) groups is 1. The molecule has 0 aliphatic rings. The lowest BCUT2D eigenvalue weighted by molar-refractivity contribution is -0.389. The van der Waals surface area contributed by atoms with Crippen LogP contribution in [0.3, 0.4) is 0 Å².